The first kappa shape index (κ1) is 20.8. The van der Waals surface area contributed by atoms with E-state index in [0.29, 0.717) is 18.7 Å². The van der Waals surface area contributed by atoms with Crippen LogP contribution in [0.1, 0.15) is 5.56 Å². The summed E-state index contributed by atoms with van der Waals surface area (Å²) in [5.41, 5.74) is 1.54. The molecule has 0 saturated carbocycles. The third-order valence-corrected chi connectivity index (χ3v) is 8.12. The van der Waals surface area contributed by atoms with Crippen LogP contribution >= 0.6 is 0 Å². The summed E-state index contributed by atoms with van der Waals surface area (Å²) in [6.07, 6.45) is 0.628. The maximum absolute atomic E-state index is 13.0. The summed E-state index contributed by atoms with van der Waals surface area (Å²) in [5, 5.41) is 10.7. The van der Waals surface area contributed by atoms with Crippen LogP contribution < -0.4 is 9.03 Å². The number of fused-ring (bicyclic) bond motifs is 1. The molecule has 0 amide bonds. The molecule has 3 aromatic rings. The van der Waals surface area contributed by atoms with Crippen molar-refractivity contribution in [2.45, 2.75) is 16.2 Å². The van der Waals surface area contributed by atoms with Crippen molar-refractivity contribution in [1.29, 1.82) is 0 Å². The number of hydrogen-bond donors (Lipinski definition) is 1. The molecule has 1 heterocycles. The number of para-hydroxylation sites is 1. The molecular formula is C20H17N3O6S2. The van der Waals surface area contributed by atoms with Crippen LogP contribution in [0.3, 0.4) is 0 Å². The number of nitro groups is 1. The molecule has 1 N–H and O–H groups in total. The van der Waals surface area contributed by atoms with Crippen molar-refractivity contribution in [3.63, 3.8) is 0 Å². The van der Waals surface area contributed by atoms with E-state index in [1.54, 1.807) is 12.1 Å². The fraction of sp³-hybridized carbons (Fsp3) is 0.100. The van der Waals surface area contributed by atoms with Crippen LogP contribution in [0.4, 0.5) is 17.1 Å². The van der Waals surface area contributed by atoms with Gasteiger partial charge in [0.25, 0.3) is 25.7 Å². The highest BCUT2D eigenvalue weighted by molar-refractivity contribution is 7.93. The predicted octanol–water partition coefficient (Wildman–Crippen LogP) is 3.15. The molecule has 0 radical (unpaired) electrons. The SMILES string of the molecule is O=[N+]([O-])c1ccc(S(=O)(=O)Nc2ccc(S(=O)(=O)N3CCc4ccccc43)cc2)cc1. The van der Waals surface area contributed by atoms with Gasteiger partial charge in [-0.2, -0.15) is 0 Å². The Balaban J connectivity index is 1.55. The number of sulfonamides is 2. The molecule has 3 aromatic carbocycles. The van der Waals surface area contributed by atoms with Gasteiger partial charge in [-0.25, -0.2) is 16.8 Å². The first-order valence-corrected chi connectivity index (χ1v) is 12.1. The molecule has 0 atom stereocenters. The maximum atomic E-state index is 13.0. The molecule has 31 heavy (non-hydrogen) atoms. The molecule has 4 rings (SSSR count). The summed E-state index contributed by atoms with van der Waals surface area (Å²) in [4.78, 5) is 9.99. The first-order chi connectivity index (χ1) is 14.7. The average molecular weight is 460 g/mol. The van der Waals surface area contributed by atoms with Gasteiger partial charge in [0.2, 0.25) is 0 Å². The topological polar surface area (TPSA) is 127 Å². The minimum Gasteiger partial charge on any atom is -0.280 e. The Hall–Kier alpha value is -3.44. The number of rotatable bonds is 6. The zero-order valence-electron chi connectivity index (χ0n) is 16.0. The monoisotopic (exact) mass is 459 g/mol. The Morgan fingerprint density at radius 1 is 0.839 bits per heavy atom. The number of anilines is 2. The van der Waals surface area contributed by atoms with E-state index in [-0.39, 0.29) is 21.2 Å². The van der Waals surface area contributed by atoms with E-state index < -0.39 is 25.0 Å². The van der Waals surface area contributed by atoms with Crippen LogP contribution in [0.5, 0.6) is 0 Å². The lowest BCUT2D eigenvalue weighted by Crippen LogP contribution is -2.29. The molecule has 0 saturated heterocycles. The molecular weight excluding hydrogens is 442 g/mol. The Kier molecular flexibility index (Phi) is 5.15. The van der Waals surface area contributed by atoms with Crippen molar-refractivity contribution in [3.8, 4) is 0 Å². The van der Waals surface area contributed by atoms with Gasteiger partial charge in [0.05, 0.1) is 20.4 Å². The third kappa shape index (κ3) is 3.97. The number of benzene rings is 3. The van der Waals surface area contributed by atoms with Gasteiger partial charge in [-0.15, -0.1) is 0 Å². The minimum absolute atomic E-state index is 0.0440. The zero-order chi connectivity index (χ0) is 22.2. The van der Waals surface area contributed by atoms with Crippen molar-refractivity contribution in [3.05, 3.63) is 88.5 Å². The highest BCUT2D eigenvalue weighted by atomic mass is 32.2. The van der Waals surface area contributed by atoms with Gasteiger partial charge in [0, 0.05) is 24.4 Å². The van der Waals surface area contributed by atoms with Crippen LogP contribution in [0.25, 0.3) is 0 Å². The molecule has 0 aromatic heterocycles. The number of nitrogens with one attached hydrogen (secondary N) is 1. The van der Waals surface area contributed by atoms with E-state index in [0.717, 1.165) is 29.8 Å². The second-order valence-corrected chi connectivity index (χ2v) is 10.4. The summed E-state index contributed by atoms with van der Waals surface area (Å²) < 4.78 is 54.8. The molecule has 160 valence electrons. The van der Waals surface area contributed by atoms with Crippen molar-refractivity contribution in [2.24, 2.45) is 0 Å². The lowest BCUT2D eigenvalue weighted by Gasteiger charge is -2.19. The quantitative estimate of drug-likeness (QED) is 0.446. The van der Waals surface area contributed by atoms with Crippen molar-refractivity contribution in [2.75, 3.05) is 15.6 Å². The van der Waals surface area contributed by atoms with Crippen molar-refractivity contribution < 1.29 is 21.8 Å². The lowest BCUT2D eigenvalue weighted by molar-refractivity contribution is -0.384. The second-order valence-electron chi connectivity index (χ2n) is 6.84. The summed E-state index contributed by atoms with van der Waals surface area (Å²) in [6, 6.07) is 17.1. The Bertz CT molecular complexity index is 1350. The maximum Gasteiger partial charge on any atom is 0.269 e. The highest BCUT2D eigenvalue weighted by Crippen LogP contribution is 2.33. The first-order valence-electron chi connectivity index (χ1n) is 9.16. The highest BCUT2D eigenvalue weighted by Gasteiger charge is 2.30. The van der Waals surface area contributed by atoms with Gasteiger partial charge in [0.15, 0.2) is 0 Å². The van der Waals surface area contributed by atoms with Gasteiger partial charge >= 0.3 is 0 Å². The molecule has 0 unspecified atom stereocenters. The molecule has 1 aliphatic heterocycles. The smallest absolute Gasteiger partial charge is 0.269 e. The molecule has 0 fully saturated rings. The standard InChI is InChI=1S/C20H17N3O6S2/c24-23(25)17-7-11-18(12-8-17)30(26,27)21-16-5-9-19(10-6-16)31(28,29)22-14-13-15-3-1-2-4-20(15)22/h1-12,21H,13-14H2. The van der Waals surface area contributed by atoms with E-state index in [1.165, 1.54) is 28.6 Å². The number of hydrogen-bond acceptors (Lipinski definition) is 6. The van der Waals surface area contributed by atoms with Crippen LogP contribution in [0.15, 0.2) is 82.6 Å². The summed E-state index contributed by atoms with van der Waals surface area (Å²) in [6.45, 7) is 0.343. The average Bonchev–Trinajstić information content (AvgIpc) is 3.19. The molecule has 0 bridgehead atoms. The molecule has 0 aliphatic carbocycles. The van der Waals surface area contributed by atoms with Crippen LogP contribution in [-0.4, -0.2) is 28.3 Å². The number of nitro benzene ring substituents is 1. The Morgan fingerprint density at radius 3 is 2.10 bits per heavy atom. The zero-order valence-corrected chi connectivity index (χ0v) is 17.6. The van der Waals surface area contributed by atoms with Crippen LogP contribution in [0, 0.1) is 10.1 Å². The normalized spacial score (nSPS) is 13.6. The van der Waals surface area contributed by atoms with Gasteiger partial charge in [0.1, 0.15) is 0 Å². The summed E-state index contributed by atoms with van der Waals surface area (Å²) in [5.74, 6) is 0. The predicted molar refractivity (Wildman–Crippen MR) is 115 cm³/mol. The molecule has 0 spiro atoms. The lowest BCUT2D eigenvalue weighted by atomic mass is 10.2. The van der Waals surface area contributed by atoms with Crippen molar-refractivity contribution in [1.82, 2.24) is 0 Å². The van der Waals surface area contributed by atoms with Gasteiger partial charge in [-0.1, -0.05) is 18.2 Å². The second kappa shape index (κ2) is 7.67. The van der Waals surface area contributed by atoms with Gasteiger partial charge in [-0.05, 0) is 54.4 Å². The minimum atomic E-state index is -3.99. The fourth-order valence-electron chi connectivity index (χ4n) is 3.34. The molecule has 11 heteroatoms. The summed E-state index contributed by atoms with van der Waals surface area (Å²) >= 11 is 0. The fourth-order valence-corrected chi connectivity index (χ4v) is 5.90. The van der Waals surface area contributed by atoms with Gasteiger partial charge < -0.3 is 0 Å². The Morgan fingerprint density at radius 2 is 1.45 bits per heavy atom. The van der Waals surface area contributed by atoms with Crippen LogP contribution in [0.2, 0.25) is 0 Å². The molecule has 9 nitrogen and oxygen atoms in total. The largest absolute Gasteiger partial charge is 0.280 e. The summed E-state index contributed by atoms with van der Waals surface area (Å²) in [7, 11) is -7.78. The van der Waals surface area contributed by atoms with E-state index in [1.807, 2.05) is 12.1 Å². The Labute approximate surface area is 179 Å². The number of non-ortho nitro benzene ring substituents is 1. The van der Waals surface area contributed by atoms with E-state index in [2.05, 4.69) is 4.72 Å². The third-order valence-electron chi connectivity index (χ3n) is 4.90. The van der Waals surface area contributed by atoms with Gasteiger partial charge in [-0.3, -0.25) is 19.1 Å². The van der Waals surface area contributed by atoms with Crippen LogP contribution in [-0.2, 0) is 26.5 Å². The van der Waals surface area contributed by atoms with E-state index in [9.17, 15) is 26.9 Å². The van der Waals surface area contributed by atoms with Crippen molar-refractivity contribution >= 4 is 37.1 Å². The number of nitrogens with zero attached hydrogens (tertiary/aromatic N) is 2. The molecule has 1 aliphatic rings. The van der Waals surface area contributed by atoms with E-state index >= 15 is 0 Å². The van der Waals surface area contributed by atoms with E-state index in [4.69, 9.17) is 0 Å².